The molecule has 0 aromatic heterocycles. The smallest absolute Gasteiger partial charge is 0.255 e. The van der Waals surface area contributed by atoms with Crippen LogP contribution >= 0.6 is 11.6 Å². The predicted octanol–water partition coefficient (Wildman–Crippen LogP) is 3.79. The second kappa shape index (κ2) is 5.33. The molecule has 4 heteroatoms. The summed E-state index contributed by atoms with van der Waals surface area (Å²) in [5.74, 6) is -0.190. The van der Waals surface area contributed by atoms with Gasteiger partial charge in [-0.1, -0.05) is 17.7 Å². The average Bonchev–Trinajstić information content (AvgIpc) is 2.32. The Morgan fingerprint density at radius 1 is 1.16 bits per heavy atom. The molecule has 0 saturated carbocycles. The predicted molar refractivity (Wildman–Crippen MR) is 79.7 cm³/mol. The molecule has 0 spiro atoms. The van der Waals surface area contributed by atoms with Crippen LogP contribution < -0.4 is 11.1 Å². The number of hydrogen-bond acceptors (Lipinski definition) is 2. The van der Waals surface area contributed by atoms with Crippen LogP contribution in [-0.4, -0.2) is 5.91 Å². The number of anilines is 2. The zero-order chi connectivity index (χ0) is 14.0. The third-order valence-electron chi connectivity index (χ3n) is 2.89. The lowest BCUT2D eigenvalue weighted by molar-refractivity contribution is 0.102. The molecule has 0 aliphatic rings. The first-order chi connectivity index (χ1) is 8.97. The molecule has 0 radical (unpaired) electrons. The van der Waals surface area contributed by atoms with Crippen LogP contribution in [0.15, 0.2) is 36.4 Å². The van der Waals surface area contributed by atoms with E-state index in [0.717, 1.165) is 11.1 Å². The minimum absolute atomic E-state index is 0.190. The molecule has 0 atom stereocenters. The number of benzene rings is 2. The van der Waals surface area contributed by atoms with Crippen molar-refractivity contribution >= 4 is 28.9 Å². The highest BCUT2D eigenvalue weighted by atomic mass is 35.5. The van der Waals surface area contributed by atoms with Gasteiger partial charge in [0.2, 0.25) is 0 Å². The van der Waals surface area contributed by atoms with Gasteiger partial charge in [0.25, 0.3) is 5.91 Å². The maximum Gasteiger partial charge on any atom is 0.255 e. The molecule has 19 heavy (non-hydrogen) atoms. The first kappa shape index (κ1) is 13.4. The molecule has 2 aromatic rings. The van der Waals surface area contributed by atoms with Crippen molar-refractivity contribution in [3.63, 3.8) is 0 Å². The number of nitrogens with two attached hydrogens (primary N) is 1. The summed E-state index contributed by atoms with van der Waals surface area (Å²) in [7, 11) is 0. The Morgan fingerprint density at radius 3 is 2.53 bits per heavy atom. The van der Waals surface area contributed by atoms with E-state index in [1.165, 1.54) is 0 Å². The largest absolute Gasteiger partial charge is 0.397 e. The van der Waals surface area contributed by atoms with Crippen molar-refractivity contribution in [2.24, 2.45) is 0 Å². The normalized spacial score (nSPS) is 10.3. The van der Waals surface area contributed by atoms with Gasteiger partial charge in [-0.25, -0.2) is 0 Å². The lowest BCUT2D eigenvalue weighted by Gasteiger charge is -2.10. The topological polar surface area (TPSA) is 55.1 Å². The van der Waals surface area contributed by atoms with Gasteiger partial charge in [-0.3, -0.25) is 4.79 Å². The van der Waals surface area contributed by atoms with Gasteiger partial charge in [-0.05, 0) is 55.3 Å². The van der Waals surface area contributed by atoms with Gasteiger partial charge in [0, 0.05) is 10.6 Å². The van der Waals surface area contributed by atoms with Gasteiger partial charge < -0.3 is 11.1 Å². The summed E-state index contributed by atoms with van der Waals surface area (Å²) in [5.41, 5.74) is 9.52. The Balaban J connectivity index is 2.25. The van der Waals surface area contributed by atoms with Crippen LogP contribution in [-0.2, 0) is 0 Å². The first-order valence-electron chi connectivity index (χ1n) is 5.91. The molecule has 2 aromatic carbocycles. The molecular formula is C15H15ClN2O. The SMILES string of the molecule is Cc1ccc(NC(=O)c2ccc(Cl)cc2C)c(N)c1. The third-order valence-corrected chi connectivity index (χ3v) is 3.12. The average molecular weight is 275 g/mol. The fraction of sp³-hybridized carbons (Fsp3) is 0.133. The molecule has 1 amide bonds. The van der Waals surface area contributed by atoms with E-state index in [-0.39, 0.29) is 5.91 Å². The second-order valence-corrected chi connectivity index (χ2v) is 4.94. The van der Waals surface area contributed by atoms with Crippen molar-refractivity contribution in [3.8, 4) is 0 Å². The summed E-state index contributed by atoms with van der Waals surface area (Å²) in [4.78, 5) is 12.2. The first-order valence-corrected chi connectivity index (χ1v) is 6.29. The van der Waals surface area contributed by atoms with E-state index < -0.39 is 0 Å². The standard InChI is InChI=1S/C15H15ClN2O/c1-9-3-6-14(13(17)7-9)18-15(19)12-5-4-11(16)8-10(12)2/h3-8H,17H2,1-2H3,(H,18,19). The zero-order valence-electron chi connectivity index (χ0n) is 10.8. The molecular weight excluding hydrogens is 260 g/mol. The second-order valence-electron chi connectivity index (χ2n) is 4.50. The number of hydrogen-bond donors (Lipinski definition) is 2. The van der Waals surface area contributed by atoms with Crippen LogP contribution in [0.2, 0.25) is 5.02 Å². The van der Waals surface area contributed by atoms with Crippen molar-refractivity contribution < 1.29 is 4.79 Å². The number of aryl methyl sites for hydroxylation is 2. The molecule has 3 N–H and O–H groups in total. The molecule has 3 nitrogen and oxygen atoms in total. The third kappa shape index (κ3) is 3.06. The van der Waals surface area contributed by atoms with Gasteiger partial charge in [0.05, 0.1) is 11.4 Å². The highest BCUT2D eigenvalue weighted by Gasteiger charge is 2.11. The molecule has 0 aliphatic heterocycles. The number of amides is 1. The van der Waals surface area contributed by atoms with E-state index in [2.05, 4.69) is 5.32 Å². The zero-order valence-corrected chi connectivity index (χ0v) is 11.6. The lowest BCUT2D eigenvalue weighted by atomic mass is 10.1. The van der Waals surface area contributed by atoms with Crippen LogP contribution in [0.4, 0.5) is 11.4 Å². The molecule has 0 bridgehead atoms. The number of carbonyl (C=O) groups is 1. The van der Waals surface area contributed by atoms with Gasteiger partial charge in [-0.2, -0.15) is 0 Å². The van der Waals surface area contributed by atoms with Gasteiger partial charge >= 0.3 is 0 Å². The Hall–Kier alpha value is -2.00. The van der Waals surface area contributed by atoms with E-state index in [1.54, 1.807) is 24.3 Å². The monoisotopic (exact) mass is 274 g/mol. The summed E-state index contributed by atoms with van der Waals surface area (Å²) in [5, 5.41) is 3.42. The fourth-order valence-corrected chi connectivity index (χ4v) is 2.09. The Labute approximate surface area is 117 Å². The molecule has 0 saturated heterocycles. The van der Waals surface area contributed by atoms with Gasteiger partial charge in [-0.15, -0.1) is 0 Å². The number of nitrogens with one attached hydrogen (secondary N) is 1. The van der Waals surface area contributed by atoms with Crippen LogP contribution in [0.1, 0.15) is 21.5 Å². The maximum absolute atomic E-state index is 12.2. The summed E-state index contributed by atoms with van der Waals surface area (Å²) in [6.07, 6.45) is 0. The Bertz CT molecular complexity index is 638. The van der Waals surface area contributed by atoms with Crippen LogP contribution in [0.25, 0.3) is 0 Å². The molecule has 2 rings (SSSR count). The molecule has 98 valence electrons. The van der Waals surface area contributed by atoms with Crippen molar-refractivity contribution in [3.05, 3.63) is 58.1 Å². The van der Waals surface area contributed by atoms with E-state index in [0.29, 0.717) is 22.0 Å². The van der Waals surface area contributed by atoms with E-state index in [1.807, 2.05) is 26.0 Å². The minimum Gasteiger partial charge on any atom is -0.397 e. The van der Waals surface area contributed by atoms with Crippen molar-refractivity contribution in [2.45, 2.75) is 13.8 Å². The molecule has 0 unspecified atom stereocenters. The maximum atomic E-state index is 12.2. The van der Waals surface area contributed by atoms with E-state index in [9.17, 15) is 4.79 Å². The van der Waals surface area contributed by atoms with E-state index in [4.69, 9.17) is 17.3 Å². The number of carbonyl (C=O) groups excluding carboxylic acids is 1. The Kier molecular flexibility index (Phi) is 3.76. The number of halogens is 1. The van der Waals surface area contributed by atoms with Crippen LogP contribution in [0.5, 0.6) is 0 Å². The minimum atomic E-state index is -0.190. The van der Waals surface area contributed by atoms with Gasteiger partial charge in [0.1, 0.15) is 0 Å². The van der Waals surface area contributed by atoms with Crippen molar-refractivity contribution in [2.75, 3.05) is 11.1 Å². The highest BCUT2D eigenvalue weighted by Crippen LogP contribution is 2.21. The van der Waals surface area contributed by atoms with Crippen molar-refractivity contribution in [1.29, 1.82) is 0 Å². The summed E-state index contributed by atoms with van der Waals surface area (Å²) >= 11 is 5.87. The molecule has 0 aliphatic carbocycles. The quantitative estimate of drug-likeness (QED) is 0.819. The molecule has 0 fully saturated rings. The number of rotatable bonds is 2. The Morgan fingerprint density at radius 2 is 1.89 bits per heavy atom. The highest BCUT2D eigenvalue weighted by molar-refractivity contribution is 6.30. The summed E-state index contributed by atoms with van der Waals surface area (Å²) in [6, 6.07) is 10.7. The van der Waals surface area contributed by atoms with E-state index >= 15 is 0 Å². The molecule has 0 heterocycles. The van der Waals surface area contributed by atoms with Crippen molar-refractivity contribution in [1.82, 2.24) is 0 Å². The summed E-state index contributed by atoms with van der Waals surface area (Å²) in [6.45, 7) is 3.80. The number of nitrogen functional groups attached to an aromatic ring is 1. The fourth-order valence-electron chi connectivity index (χ4n) is 1.87. The van der Waals surface area contributed by atoms with Crippen LogP contribution in [0.3, 0.4) is 0 Å². The lowest BCUT2D eigenvalue weighted by Crippen LogP contribution is -2.14. The van der Waals surface area contributed by atoms with Gasteiger partial charge in [0.15, 0.2) is 0 Å². The summed E-state index contributed by atoms with van der Waals surface area (Å²) < 4.78 is 0. The van der Waals surface area contributed by atoms with Crippen LogP contribution in [0, 0.1) is 13.8 Å².